The summed E-state index contributed by atoms with van der Waals surface area (Å²) in [6.45, 7) is 1.73. The number of Topliss-reactive ketones (excluding diaryl/α,β-unsaturated/α-hetero) is 1. The van der Waals surface area contributed by atoms with Crippen molar-refractivity contribution in [2.45, 2.75) is 38.1 Å². The number of carboxylic acids is 1. The Balaban J connectivity index is 2.23. The number of carbonyl (C=O) groups is 3. The molecule has 0 aliphatic rings. The van der Waals surface area contributed by atoms with Gasteiger partial charge in [-0.05, 0) is 17.5 Å². The van der Waals surface area contributed by atoms with E-state index < -0.39 is 23.8 Å². The zero-order chi connectivity index (χ0) is 18.9. The van der Waals surface area contributed by atoms with Crippen molar-refractivity contribution in [2.75, 3.05) is 0 Å². The molecule has 0 aliphatic carbocycles. The molecule has 0 heterocycles. The molecule has 5 heteroatoms. The van der Waals surface area contributed by atoms with Gasteiger partial charge in [0.25, 0.3) is 0 Å². The molecule has 0 aliphatic heterocycles. The second-order valence-electron chi connectivity index (χ2n) is 6.08. The van der Waals surface area contributed by atoms with E-state index in [1.54, 1.807) is 6.92 Å². The van der Waals surface area contributed by atoms with E-state index in [1.807, 2.05) is 60.7 Å². The largest absolute Gasteiger partial charge is 0.480 e. The molecule has 0 saturated heterocycles. The van der Waals surface area contributed by atoms with Crippen LogP contribution in [0.25, 0.3) is 0 Å². The second-order valence-corrected chi connectivity index (χ2v) is 6.08. The fourth-order valence-electron chi connectivity index (χ4n) is 2.78. The predicted molar refractivity (Wildman–Crippen MR) is 98.8 cm³/mol. The van der Waals surface area contributed by atoms with Gasteiger partial charge >= 0.3 is 5.97 Å². The number of nitrogens with one attached hydrogen (secondary N) is 1. The lowest BCUT2D eigenvalue weighted by atomic mass is 9.90. The Labute approximate surface area is 153 Å². The van der Waals surface area contributed by atoms with Crippen molar-refractivity contribution in [1.29, 1.82) is 0 Å². The number of carbonyl (C=O) groups excluding carboxylic acids is 2. The third kappa shape index (κ3) is 5.28. The lowest BCUT2D eigenvalue weighted by molar-refractivity contribution is -0.142. The van der Waals surface area contributed by atoms with Crippen LogP contribution in [-0.2, 0) is 14.4 Å². The number of rotatable bonds is 9. The number of benzene rings is 2. The summed E-state index contributed by atoms with van der Waals surface area (Å²) >= 11 is 0. The van der Waals surface area contributed by atoms with Gasteiger partial charge in [0.05, 0.1) is 5.92 Å². The molecule has 1 atom stereocenters. The molecule has 2 aromatic rings. The summed E-state index contributed by atoms with van der Waals surface area (Å²) in [5.74, 6) is -2.16. The Kier molecular flexibility index (Phi) is 7.09. The van der Waals surface area contributed by atoms with Crippen molar-refractivity contribution >= 4 is 17.7 Å². The topological polar surface area (TPSA) is 83.5 Å². The normalized spacial score (nSPS) is 11.8. The van der Waals surface area contributed by atoms with E-state index in [0.717, 1.165) is 11.1 Å². The van der Waals surface area contributed by atoms with Crippen LogP contribution < -0.4 is 5.32 Å². The third-order valence-corrected chi connectivity index (χ3v) is 4.25. The number of carboxylic acid groups (broad SMARTS) is 1. The molecule has 2 rings (SSSR count). The molecular formula is C21H23NO4. The van der Waals surface area contributed by atoms with E-state index in [2.05, 4.69) is 5.32 Å². The zero-order valence-corrected chi connectivity index (χ0v) is 14.7. The number of hydrogen-bond acceptors (Lipinski definition) is 3. The quantitative estimate of drug-likeness (QED) is 0.725. The van der Waals surface area contributed by atoms with Crippen LogP contribution >= 0.6 is 0 Å². The molecule has 0 saturated carbocycles. The third-order valence-electron chi connectivity index (χ3n) is 4.25. The molecule has 0 unspecified atom stereocenters. The van der Waals surface area contributed by atoms with E-state index in [1.165, 1.54) is 0 Å². The van der Waals surface area contributed by atoms with E-state index in [4.69, 9.17) is 0 Å². The average molecular weight is 353 g/mol. The van der Waals surface area contributed by atoms with Gasteiger partial charge in [-0.1, -0.05) is 67.6 Å². The first-order valence-corrected chi connectivity index (χ1v) is 8.67. The van der Waals surface area contributed by atoms with Crippen LogP contribution in [0.15, 0.2) is 60.7 Å². The van der Waals surface area contributed by atoms with E-state index >= 15 is 0 Å². The van der Waals surface area contributed by atoms with Crippen molar-refractivity contribution in [2.24, 2.45) is 0 Å². The number of aliphatic carboxylic acids is 1. The van der Waals surface area contributed by atoms with Crippen LogP contribution in [0.5, 0.6) is 0 Å². The van der Waals surface area contributed by atoms with Gasteiger partial charge in [-0.3, -0.25) is 9.59 Å². The fraction of sp³-hybridized carbons (Fsp3) is 0.286. The molecular weight excluding hydrogens is 330 g/mol. The van der Waals surface area contributed by atoms with Crippen LogP contribution in [-0.4, -0.2) is 28.8 Å². The Morgan fingerprint density at radius 2 is 1.42 bits per heavy atom. The highest BCUT2D eigenvalue weighted by Gasteiger charge is 2.27. The van der Waals surface area contributed by atoms with Crippen LogP contribution in [0.4, 0.5) is 0 Å². The molecule has 0 radical (unpaired) electrons. The van der Waals surface area contributed by atoms with Crippen molar-refractivity contribution in [3.8, 4) is 0 Å². The van der Waals surface area contributed by atoms with Crippen LogP contribution in [0, 0.1) is 0 Å². The molecule has 26 heavy (non-hydrogen) atoms. The number of hydrogen-bond donors (Lipinski definition) is 2. The molecule has 5 nitrogen and oxygen atoms in total. The first-order valence-electron chi connectivity index (χ1n) is 8.67. The molecule has 0 spiro atoms. The van der Waals surface area contributed by atoms with E-state index in [9.17, 15) is 19.5 Å². The molecule has 0 aromatic heterocycles. The van der Waals surface area contributed by atoms with E-state index in [-0.39, 0.29) is 18.6 Å². The molecule has 0 bridgehead atoms. The van der Waals surface area contributed by atoms with Crippen molar-refractivity contribution in [3.05, 3.63) is 71.8 Å². The van der Waals surface area contributed by atoms with Crippen molar-refractivity contribution in [3.63, 3.8) is 0 Å². The van der Waals surface area contributed by atoms with Crippen LogP contribution in [0.3, 0.4) is 0 Å². The van der Waals surface area contributed by atoms with Gasteiger partial charge in [0.15, 0.2) is 0 Å². The van der Waals surface area contributed by atoms with Gasteiger partial charge in [0.2, 0.25) is 5.91 Å². The van der Waals surface area contributed by atoms with Gasteiger partial charge in [0, 0.05) is 12.8 Å². The predicted octanol–water partition coefficient (Wildman–Crippen LogP) is 3.15. The SMILES string of the molecule is CCC(=O)CC[C@@H](NC(=O)C(c1ccccc1)c1ccccc1)C(=O)O. The van der Waals surface area contributed by atoms with Crippen LogP contribution in [0.1, 0.15) is 43.2 Å². The van der Waals surface area contributed by atoms with Crippen molar-refractivity contribution in [1.82, 2.24) is 5.32 Å². The first-order chi connectivity index (χ1) is 12.5. The Hall–Kier alpha value is -2.95. The molecule has 2 aromatic carbocycles. The Morgan fingerprint density at radius 3 is 1.85 bits per heavy atom. The summed E-state index contributed by atoms with van der Waals surface area (Å²) in [5.41, 5.74) is 1.56. The highest BCUT2D eigenvalue weighted by Crippen LogP contribution is 2.25. The summed E-state index contributed by atoms with van der Waals surface area (Å²) in [6.07, 6.45) is 0.579. The monoisotopic (exact) mass is 353 g/mol. The van der Waals surface area contributed by atoms with Gasteiger partial charge in [0.1, 0.15) is 11.8 Å². The lowest BCUT2D eigenvalue weighted by Crippen LogP contribution is -2.43. The number of amides is 1. The highest BCUT2D eigenvalue weighted by molar-refractivity contribution is 5.91. The summed E-state index contributed by atoms with van der Waals surface area (Å²) in [4.78, 5) is 35.9. The highest BCUT2D eigenvalue weighted by atomic mass is 16.4. The zero-order valence-electron chi connectivity index (χ0n) is 14.7. The molecule has 1 amide bonds. The maximum atomic E-state index is 12.9. The van der Waals surface area contributed by atoms with E-state index in [0.29, 0.717) is 6.42 Å². The fourth-order valence-corrected chi connectivity index (χ4v) is 2.78. The summed E-state index contributed by atoms with van der Waals surface area (Å²) in [5, 5.41) is 12.0. The first kappa shape index (κ1) is 19.4. The van der Waals surface area contributed by atoms with Gasteiger partial charge < -0.3 is 10.4 Å². The minimum atomic E-state index is -1.14. The summed E-state index contributed by atoms with van der Waals surface area (Å²) in [6, 6.07) is 17.4. The van der Waals surface area contributed by atoms with Crippen molar-refractivity contribution < 1.29 is 19.5 Å². The molecule has 136 valence electrons. The molecule has 2 N–H and O–H groups in total. The minimum absolute atomic E-state index is 0.0202. The number of ketones is 1. The maximum Gasteiger partial charge on any atom is 0.326 e. The maximum absolute atomic E-state index is 12.9. The Bertz CT molecular complexity index is 704. The standard InChI is InChI=1S/C21H23NO4/c1-2-17(23)13-14-18(21(25)26)22-20(24)19(15-9-5-3-6-10-15)16-11-7-4-8-12-16/h3-12,18-19H,2,13-14H2,1H3,(H,22,24)(H,25,26)/t18-/m1/s1. The Morgan fingerprint density at radius 1 is 0.923 bits per heavy atom. The summed E-state index contributed by atoms with van der Waals surface area (Å²) < 4.78 is 0. The summed E-state index contributed by atoms with van der Waals surface area (Å²) in [7, 11) is 0. The van der Waals surface area contributed by atoms with Crippen LogP contribution in [0.2, 0.25) is 0 Å². The molecule has 0 fully saturated rings. The van der Waals surface area contributed by atoms with Gasteiger partial charge in [-0.25, -0.2) is 4.79 Å². The van der Waals surface area contributed by atoms with Gasteiger partial charge in [-0.15, -0.1) is 0 Å². The average Bonchev–Trinajstić information content (AvgIpc) is 2.66. The lowest BCUT2D eigenvalue weighted by Gasteiger charge is -2.21. The smallest absolute Gasteiger partial charge is 0.326 e. The minimum Gasteiger partial charge on any atom is -0.480 e. The van der Waals surface area contributed by atoms with Gasteiger partial charge in [-0.2, -0.15) is 0 Å². The second kappa shape index (κ2) is 9.51.